The Balaban J connectivity index is 1.91. The molecule has 0 saturated carbocycles. The summed E-state index contributed by atoms with van der Waals surface area (Å²) in [6, 6.07) is 16.0. The van der Waals surface area contributed by atoms with Crippen LogP contribution in [0.2, 0.25) is 0 Å². The molecular formula is C19H22N2O3S. The van der Waals surface area contributed by atoms with E-state index < -0.39 is 10.0 Å². The number of rotatable bonds is 9. The van der Waals surface area contributed by atoms with Gasteiger partial charge in [0.25, 0.3) is 5.91 Å². The van der Waals surface area contributed by atoms with Crippen molar-refractivity contribution < 1.29 is 13.2 Å². The van der Waals surface area contributed by atoms with Gasteiger partial charge in [-0.05, 0) is 36.6 Å². The molecule has 2 N–H and O–H groups in total. The number of benzene rings is 2. The van der Waals surface area contributed by atoms with E-state index in [1.165, 1.54) is 23.8 Å². The number of nitrogens with one attached hydrogen (secondary N) is 2. The summed E-state index contributed by atoms with van der Waals surface area (Å²) in [5.74, 6) is -0.283. The van der Waals surface area contributed by atoms with Gasteiger partial charge in [-0.15, -0.1) is 6.58 Å². The SMILES string of the molecule is C=CCNS(=O)(=O)c1cccc(C(=O)NCCCc2ccccc2)c1. The highest BCUT2D eigenvalue weighted by Gasteiger charge is 2.15. The molecule has 0 atom stereocenters. The summed E-state index contributed by atoms with van der Waals surface area (Å²) in [5.41, 5.74) is 1.54. The standard InChI is InChI=1S/C19H22N2O3S/c1-2-13-21-25(23,24)18-12-6-11-17(15-18)19(22)20-14-7-10-16-8-4-3-5-9-16/h2-6,8-9,11-12,15,21H,1,7,10,13-14H2,(H,20,22). The molecule has 2 aromatic carbocycles. The average molecular weight is 358 g/mol. The maximum atomic E-state index is 12.2. The minimum absolute atomic E-state index is 0.0614. The van der Waals surface area contributed by atoms with Crippen LogP contribution in [-0.2, 0) is 16.4 Å². The Morgan fingerprint density at radius 1 is 1.08 bits per heavy atom. The number of hydrogen-bond donors (Lipinski definition) is 2. The predicted octanol–water partition coefficient (Wildman–Crippen LogP) is 2.51. The fourth-order valence-electron chi connectivity index (χ4n) is 2.30. The number of carbonyl (C=O) groups excluding carboxylic acids is 1. The van der Waals surface area contributed by atoms with E-state index in [0.717, 1.165) is 12.8 Å². The van der Waals surface area contributed by atoms with Gasteiger partial charge in [-0.3, -0.25) is 4.79 Å². The van der Waals surface area contributed by atoms with Gasteiger partial charge in [0.1, 0.15) is 0 Å². The van der Waals surface area contributed by atoms with Crippen LogP contribution in [0.3, 0.4) is 0 Å². The van der Waals surface area contributed by atoms with E-state index in [0.29, 0.717) is 12.1 Å². The topological polar surface area (TPSA) is 75.3 Å². The third-order valence-corrected chi connectivity index (χ3v) is 5.02. The highest BCUT2D eigenvalue weighted by atomic mass is 32.2. The Labute approximate surface area is 148 Å². The summed E-state index contributed by atoms with van der Waals surface area (Å²) in [7, 11) is -3.64. The van der Waals surface area contributed by atoms with Gasteiger partial charge >= 0.3 is 0 Å². The molecule has 0 radical (unpaired) electrons. The summed E-state index contributed by atoms with van der Waals surface area (Å²) in [6.45, 7) is 4.14. The van der Waals surface area contributed by atoms with Crippen LogP contribution in [0.1, 0.15) is 22.3 Å². The van der Waals surface area contributed by atoms with E-state index >= 15 is 0 Å². The molecule has 0 aromatic heterocycles. The smallest absolute Gasteiger partial charge is 0.251 e. The van der Waals surface area contributed by atoms with Gasteiger partial charge in [-0.1, -0.05) is 42.5 Å². The van der Waals surface area contributed by atoms with Gasteiger partial charge in [0.05, 0.1) is 4.90 Å². The number of carbonyl (C=O) groups is 1. The zero-order chi connectivity index (χ0) is 18.1. The molecule has 5 nitrogen and oxygen atoms in total. The molecule has 0 saturated heterocycles. The van der Waals surface area contributed by atoms with Gasteiger partial charge in [-0.25, -0.2) is 13.1 Å². The van der Waals surface area contributed by atoms with Crippen molar-refractivity contribution in [2.45, 2.75) is 17.7 Å². The van der Waals surface area contributed by atoms with E-state index in [4.69, 9.17) is 0 Å². The lowest BCUT2D eigenvalue weighted by atomic mass is 10.1. The molecule has 0 aliphatic carbocycles. The van der Waals surface area contributed by atoms with E-state index in [9.17, 15) is 13.2 Å². The maximum Gasteiger partial charge on any atom is 0.251 e. The fourth-order valence-corrected chi connectivity index (χ4v) is 3.34. The largest absolute Gasteiger partial charge is 0.352 e. The van der Waals surface area contributed by atoms with E-state index in [1.54, 1.807) is 12.1 Å². The minimum atomic E-state index is -3.64. The van der Waals surface area contributed by atoms with E-state index in [1.807, 2.05) is 30.3 Å². The second kappa shape index (κ2) is 9.15. The molecule has 0 aliphatic rings. The molecule has 132 valence electrons. The molecule has 0 fully saturated rings. The van der Waals surface area contributed by atoms with Crippen molar-refractivity contribution in [3.05, 3.63) is 78.4 Å². The van der Waals surface area contributed by atoms with Crippen LogP contribution in [0.15, 0.2) is 72.1 Å². The van der Waals surface area contributed by atoms with Gasteiger partial charge < -0.3 is 5.32 Å². The third-order valence-electron chi connectivity index (χ3n) is 3.59. The van der Waals surface area contributed by atoms with Crippen LogP contribution >= 0.6 is 0 Å². The number of sulfonamides is 1. The van der Waals surface area contributed by atoms with Gasteiger partial charge in [0.2, 0.25) is 10.0 Å². The van der Waals surface area contributed by atoms with Crippen LogP contribution in [0, 0.1) is 0 Å². The van der Waals surface area contributed by atoms with Gasteiger partial charge in [-0.2, -0.15) is 0 Å². The van der Waals surface area contributed by atoms with Crippen LogP contribution in [0.4, 0.5) is 0 Å². The molecule has 0 heterocycles. The van der Waals surface area contributed by atoms with Crippen LogP contribution < -0.4 is 10.0 Å². The Morgan fingerprint density at radius 2 is 1.84 bits per heavy atom. The first-order chi connectivity index (χ1) is 12.0. The normalized spacial score (nSPS) is 11.0. The molecule has 0 bridgehead atoms. The Morgan fingerprint density at radius 3 is 2.56 bits per heavy atom. The van der Waals surface area contributed by atoms with E-state index in [2.05, 4.69) is 16.6 Å². The lowest BCUT2D eigenvalue weighted by Crippen LogP contribution is -2.26. The zero-order valence-corrected chi connectivity index (χ0v) is 14.8. The van der Waals surface area contributed by atoms with Crippen molar-refractivity contribution in [2.24, 2.45) is 0 Å². The second-order valence-electron chi connectivity index (χ2n) is 5.51. The summed E-state index contributed by atoms with van der Waals surface area (Å²) in [6.07, 6.45) is 3.15. The van der Waals surface area contributed by atoms with Crippen molar-refractivity contribution in [1.29, 1.82) is 0 Å². The van der Waals surface area contributed by atoms with Crippen LogP contribution in [-0.4, -0.2) is 27.4 Å². The predicted molar refractivity (Wildman–Crippen MR) is 98.9 cm³/mol. The highest BCUT2D eigenvalue weighted by molar-refractivity contribution is 7.89. The van der Waals surface area contributed by atoms with Crippen molar-refractivity contribution >= 4 is 15.9 Å². The lowest BCUT2D eigenvalue weighted by molar-refractivity contribution is 0.0953. The highest BCUT2D eigenvalue weighted by Crippen LogP contribution is 2.11. The monoisotopic (exact) mass is 358 g/mol. The number of hydrogen-bond acceptors (Lipinski definition) is 3. The molecule has 25 heavy (non-hydrogen) atoms. The van der Waals surface area contributed by atoms with Crippen molar-refractivity contribution in [2.75, 3.05) is 13.1 Å². The minimum Gasteiger partial charge on any atom is -0.352 e. The molecule has 0 aliphatic heterocycles. The first-order valence-electron chi connectivity index (χ1n) is 8.05. The van der Waals surface area contributed by atoms with Crippen molar-refractivity contribution in [3.8, 4) is 0 Å². The molecule has 1 amide bonds. The summed E-state index contributed by atoms with van der Waals surface area (Å²) < 4.78 is 26.6. The molecule has 0 unspecified atom stereocenters. The Bertz CT molecular complexity index is 818. The molecule has 0 spiro atoms. The summed E-state index contributed by atoms with van der Waals surface area (Å²) in [4.78, 5) is 12.3. The van der Waals surface area contributed by atoms with Crippen LogP contribution in [0.25, 0.3) is 0 Å². The molecular weight excluding hydrogens is 336 g/mol. The van der Waals surface area contributed by atoms with Gasteiger partial charge in [0.15, 0.2) is 0 Å². The summed E-state index contributed by atoms with van der Waals surface area (Å²) in [5, 5.41) is 2.82. The average Bonchev–Trinajstić information content (AvgIpc) is 2.64. The number of aryl methyl sites for hydroxylation is 1. The second-order valence-corrected chi connectivity index (χ2v) is 7.28. The number of amides is 1. The van der Waals surface area contributed by atoms with Crippen LogP contribution in [0.5, 0.6) is 0 Å². The quantitative estimate of drug-likeness (QED) is 0.534. The van der Waals surface area contributed by atoms with Gasteiger partial charge in [0, 0.05) is 18.7 Å². The van der Waals surface area contributed by atoms with Crippen molar-refractivity contribution in [1.82, 2.24) is 10.0 Å². The van der Waals surface area contributed by atoms with Crippen molar-refractivity contribution in [3.63, 3.8) is 0 Å². The fraction of sp³-hybridized carbons (Fsp3) is 0.211. The van der Waals surface area contributed by atoms with E-state index in [-0.39, 0.29) is 17.3 Å². The Hall–Kier alpha value is -2.44. The summed E-state index contributed by atoms with van der Waals surface area (Å²) >= 11 is 0. The molecule has 2 aromatic rings. The molecule has 6 heteroatoms. The lowest BCUT2D eigenvalue weighted by Gasteiger charge is -2.08. The third kappa shape index (κ3) is 5.85. The first kappa shape index (κ1) is 18.9. The Kier molecular flexibility index (Phi) is 6.91. The zero-order valence-electron chi connectivity index (χ0n) is 13.9. The first-order valence-corrected chi connectivity index (χ1v) is 9.54. The molecule has 2 rings (SSSR count). The maximum absolute atomic E-state index is 12.2.